The van der Waals surface area contributed by atoms with Crippen LogP contribution in [0.1, 0.15) is 43.1 Å². The number of carbonyl (C=O) groups excluding carboxylic acids is 1. The molecule has 0 radical (unpaired) electrons. The average Bonchev–Trinajstić information content (AvgIpc) is 3.14. The normalized spacial score (nSPS) is 11.2. The molecule has 0 bridgehead atoms. The molecule has 0 saturated carbocycles. The zero-order valence-electron chi connectivity index (χ0n) is 18.9. The molecule has 0 atom stereocenters. The van der Waals surface area contributed by atoms with Crippen molar-refractivity contribution in [3.63, 3.8) is 0 Å². The minimum Gasteiger partial charge on any atom is -0.320 e. The Morgan fingerprint density at radius 3 is 2.16 bits per heavy atom. The molecule has 0 aliphatic carbocycles. The summed E-state index contributed by atoms with van der Waals surface area (Å²) in [6.45, 7) is 11.0. The first-order valence-electron chi connectivity index (χ1n) is 10.6. The van der Waals surface area contributed by atoms with Crippen LogP contribution in [0.3, 0.4) is 0 Å². The van der Waals surface area contributed by atoms with Gasteiger partial charge in [0.15, 0.2) is 0 Å². The molecule has 0 spiro atoms. The van der Waals surface area contributed by atoms with Crippen LogP contribution in [0.15, 0.2) is 53.4 Å². The number of hydrogen-bond acceptors (Lipinski definition) is 3. The largest absolute Gasteiger partial charge is 0.320 e. The number of thioether (sulfide) groups is 1. The van der Waals surface area contributed by atoms with E-state index in [9.17, 15) is 4.79 Å². The summed E-state index contributed by atoms with van der Waals surface area (Å²) < 4.78 is 1.02. The van der Waals surface area contributed by atoms with Crippen LogP contribution in [-0.4, -0.2) is 5.91 Å². The number of nitrogens with one attached hydrogen (secondary N) is 1. The van der Waals surface area contributed by atoms with Crippen LogP contribution < -0.4 is 5.32 Å². The molecular weight excluding hydrogens is 454 g/mol. The van der Waals surface area contributed by atoms with Gasteiger partial charge in [0.2, 0.25) is 0 Å². The molecule has 0 saturated heterocycles. The Kier molecular flexibility index (Phi) is 6.66. The summed E-state index contributed by atoms with van der Waals surface area (Å²) >= 11 is 9.70. The van der Waals surface area contributed by atoms with Crippen molar-refractivity contribution in [2.45, 2.75) is 45.3 Å². The van der Waals surface area contributed by atoms with E-state index in [0.29, 0.717) is 9.90 Å². The smallest absolute Gasteiger partial charge is 0.267 e. The van der Waals surface area contributed by atoms with E-state index in [1.54, 1.807) is 11.8 Å². The van der Waals surface area contributed by atoms with Crippen molar-refractivity contribution in [1.82, 2.24) is 0 Å². The Morgan fingerprint density at radius 1 is 0.875 bits per heavy atom. The molecule has 1 heterocycles. The van der Waals surface area contributed by atoms with Gasteiger partial charge in [-0.1, -0.05) is 41.9 Å². The summed E-state index contributed by atoms with van der Waals surface area (Å²) in [5.41, 5.74) is 9.01. The van der Waals surface area contributed by atoms with Gasteiger partial charge in [0.1, 0.15) is 4.88 Å². The molecule has 4 aromatic rings. The van der Waals surface area contributed by atoms with Crippen LogP contribution in [0.25, 0.3) is 10.1 Å². The number of carbonyl (C=O) groups is 1. The van der Waals surface area contributed by atoms with Gasteiger partial charge in [-0.25, -0.2) is 0 Å². The number of anilines is 1. The molecule has 1 N–H and O–H groups in total. The predicted molar refractivity (Wildman–Crippen MR) is 141 cm³/mol. The molecule has 2 nitrogen and oxygen atoms in total. The van der Waals surface area contributed by atoms with E-state index in [-0.39, 0.29) is 5.91 Å². The monoisotopic (exact) mass is 479 g/mol. The van der Waals surface area contributed by atoms with E-state index in [0.717, 1.165) is 26.4 Å². The SMILES string of the molecule is Cc1c(C)c(C)c(CSc2ccccc2NC(=O)c2sc3ccccc3c2Cl)c(C)c1C. The molecule has 164 valence electrons. The zero-order valence-corrected chi connectivity index (χ0v) is 21.3. The van der Waals surface area contributed by atoms with Crippen LogP contribution in [0.4, 0.5) is 5.69 Å². The second kappa shape index (κ2) is 9.30. The van der Waals surface area contributed by atoms with Crippen LogP contribution >= 0.6 is 34.7 Å². The molecule has 0 aliphatic rings. The van der Waals surface area contributed by atoms with Crippen LogP contribution in [0, 0.1) is 34.6 Å². The van der Waals surface area contributed by atoms with Crippen molar-refractivity contribution < 1.29 is 4.79 Å². The zero-order chi connectivity index (χ0) is 23.0. The van der Waals surface area contributed by atoms with Gasteiger partial charge < -0.3 is 5.32 Å². The van der Waals surface area contributed by atoms with E-state index in [1.807, 2.05) is 42.5 Å². The Balaban J connectivity index is 1.59. The van der Waals surface area contributed by atoms with E-state index in [2.05, 4.69) is 46.0 Å². The fraction of sp³-hybridized carbons (Fsp3) is 0.222. The van der Waals surface area contributed by atoms with E-state index >= 15 is 0 Å². The van der Waals surface area contributed by atoms with Crippen molar-refractivity contribution >= 4 is 56.4 Å². The van der Waals surface area contributed by atoms with E-state index < -0.39 is 0 Å². The number of halogens is 1. The third-order valence-electron chi connectivity index (χ3n) is 6.40. The first-order chi connectivity index (χ1) is 15.3. The van der Waals surface area contributed by atoms with Crippen LogP contribution in [0.5, 0.6) is 0 Å². The summed E-state index contributed by atoms with van der Waals surface area (Å²) in [5, 5.41) is 4.53. The highest BCUT2D eigenvalue weighted by atomic mass is 35.5. The van der Waals surface area contributed by atoms with Crippen molar-refractivity contribution in [2.24, 2.45) is 0 Å². The Hall–Kier alpha value is -2.27. The molecular formula is C27H26ClNOS2. The maximum Gasteiger partial charge on any atom is 0.267 e. The van der Waals surface area contributed by atoms with Crippen LogP contribution in [0.2, 0.25) is 5.02 Å². The molecule has 32 heavy (non-hydrogen) atoms. The minimum atomic E-state index is -0.168. The molecule has 5 heteroatoms. The quantitative estimate of drug-likeness (QED) is 0.290. The summed E-state index contributed by atoms with van der Waals surface area (Å²) in [7, 11) is 0. The maximum absolute atomic E-state index is 13.1. The highest BCUT2D eigenvalue weighted by Crippen LogP contribution is 2.37. The second-order valence-electron chi connectivity index (χ2n) is 8.08. The Bertz CT molecular complexity index is 1310. The van der Waals surface area contributed by atoms with Crippen molar-refractivity contribution in [3.8, 4) is 0 Å². The topological polar surface area (TPSA) is 29.1 Å². The lowest BCUT2D eigenvalue weighted by atomic mass is 9.90. The average molecular weight is 480 g/mol. The Labute approximate surface area is 203 Å². The highest BCUT2D eigenvalue weighted by Gasteiger charge is 2.19. The first-order valence-corrected chi connectivity index (χ1v) is 12.7. The molecule has 1 amide bonds. The maximum atomic E-state index is 13.1. The number of hydrogen-bond donors (Lipinski definition) is 1. The van der Waals surface area contributed by atoms with Gasteiger partial charge in [0.05, 0.1) is 10.7 Å². The van der Waals surface area contributed by atoms with E-state index in [4.69, 9.17) is 11.6 Å². The van der Waals surface area contributed by atoms with Crippen LogP contribution in [-0.2, 0) is 5.75 Å². The number of para-hydroxylation sites is 1. The van der Waals surface area contributed by atoms with Gasteiger partial charge in [-0.15, -0.1) is 23.1 Å². The lowest BCUT2D eigenvalue weighted by Crippen LogP contribution is -2.11. The number of rotatable bonds is 5. The number of thiophene rings is 1. The molecule has 0 unspecified atom stereocenters. The predicted octanol–water partition coefficient (Wildman–Crippen LogP) is 8.64. The molecule has 1 aromatic heterocycles. The van der Waals surface area contributed by atoms with Gasteiger partial charge in [0, 0.05) is 20.7 Å². The lowest BCUT2D eigenvalue weighted by Gasteiger charge is -2.19. The lowest BCUT2D eigenvalue weighted by molar-refractivity contribution is 0.103. The van der Waals surface area contributed by atoms with Crippen molar-refractivity contribution in [3.05, 3.63) is 91.8 Å². The van der Waals surface area contributed by atoms with Gasteiger partial charge in [-0.3, -0.25) is 4.79 Å². The fourth-order valence-corrected chi connectivity index (χ4v) is 6.57. The van der Waals surface area contributed by atoms with Crippen molar-refractivity contribution in [2.75, 3.05) is 5.32 Å². The van der Waals surface area contributed by atoms with E-state index in [1.165, 1.54) is 44.7 Å². The third-order valence-corrected chi connectivity index (χ3v) is 9.18. The molecule has 0 fully saturated rings. The third kappa shape index (κ3) is 4.19. The molecule has 0 aliphatic heterocycles. The molecule has 4 rings (SSSR count). The minimum absolute atomic E-state index is 0.168. The van der Waals surface area contributed by atoms with Crippen molar-refractivity contribution in [1.29, 1.82) is 0 Å². The standard InChI is InChI=1S/C27H26ClNOS2/c1-15-16(2)18(4)21(19(5)17(15)3)14-31-24-13-9-7-11-22(24)29-27(30)26-25(28)20-10-6-8-12-23(20)32-26/h6-13H,14H2,1-5H3,(H,29,30). The van der Waals surface area contributed by atoms with Gasteiger partial charge in [0.25, 0.3) is 5.91 Å². The second-order valence-corrected chi connectivity index (χ2v) is 10.5. The highest BCUT2D eigenvalue weighted by molar-refractivity contribution is 7.98. The fourth-order valence-electron chi connectivity index (χ4n) is 3.98. The van der Waals surface area contributed by atoms with Gasteiger partial charge in [-0.2, -0.15) is 0 Å². The Morgan fingerprint density at radius 2 is 1.47 bits per heavy atom. The summed E-state index contributed by atoms with van der Waals surface area (Å²) in [6, 6.07) is 15.8. The number of fused-ring (bicyclic) bond motifs is 1. The summed E-state index contributed by atoms with van der Waals surface area (Å²) in [6.07, 6.45) is 0. The number of amides is 1. The summed E-state index contributed by atoms with van der Waals surface area (Å²) in [5.74, 6) is 0.689. The van der Waals surface area contributed by atoms with Gasteiger partial charge in [-0.05, 0) is 86.2 Å². The summed E-state index contributed by atoms with van der Waals surface area (Å²) in [4.78, 5) is 14.7. The number of benzene rings is 3. The first kappa shape index (κ1) is 22.9. The molecule has 3 aromatic carbocycles. The van der Waals surface area contributed by atoms with Gasteiger partial charge >= 0.3 is 0 Å².